The molecule has 0 amide bonds. The summed E-state index contributed by atoms with van der Waals surface area (Å²) < 4.78 is 0. The molecule has 98 valence electrons. The second kappa shape index (κ2) is 6.65. The Balaban J connectivity index is 1.99. The molecule has 1 aromatic carbocycles. The minimum absolute atomic E-state index is 0.408. The summed E-state index contributed by atoms with van der Waals surface area (Å²) in [6.45, 7) is 3.05. The standard InChI is InChI=1S/C16H19N3/c1-3-17-11-6-7-13(2)19-16-10-12-18-15-9-5-4-8-14(15)16/h1,4-5,8-10,12-13,17H,6-7,11H2,2H3,(H,18,19). The molecule has 2 N–H and O–H groups in total. The van der Waals surface area contributed by atoms with Gasteiger partial charge in [-0.05, 0) is 31.9 Å². The maximum absolute atomic E-state index is 5.15. The molecule has 0 saturated heterocycles. The molecule has 0 fully saturated rings. The molecule has 1 heterocycles. The lowest BCUT2D eigenvalue weighted by atomic mass is 10.1. The lowest BCUT2D eigenvalue weighted by Gasteiger charge is -2.16. The zero-order valence-electron chi connectivity index (χ0n) is 11.2. The zero-order valence-corrected chi connectivity index (χ0v) is 11.2. The molecule has 3 heteroatoms. The van der Waals surface area contributed by atoms with Gasteiger partial charge in [0.25, 0.3) is 0 Å². The van der Waals surface area contributed by atoms with Crippen LogP contribution in [0.15, 0.2) is 36.5 Å². The molecule has 0 radical (unpaired) electrons. The lowest BCUT2D eigenvalue weighted by molar-refractivity contribution is 0.641. The molecule has 1 aromatic heterocycles. The average Bonchev–Trinajstić information content (AvgIpc) is 2.44. The third kappa shape index (κ3) is 3.62. The fourth-order valence-corrected chi connectivity index (χ4v) is 2.13. The van der Waals surface area contributed by atoms with Gasteiger partial charge in [-0.25, -0.2) is 0 Å². The fraction of sp³-hybridized carbons (Fsp3) is 0.312. The highest BCUT2D eigenvalue weighted by Crippen LogP contribution is 2.22. The Kier molecular flexibility index (Phi) is 4.63. The summed E-state index contributed by atoms with van der Waals surface area (Å²) in [7, 11) is 0. The quantitative estimate of drug-likeness (QED) is 0.472. The molecule has 0 aliphatic carbocycles. The van der Waals surface area contributed by atoms with E-state index < -0.39 is 0 Å². The fourth-order valence-electron chi connectivity index (χ4n) is 2.13. The minimum Gasteiger partial charge on any atom is -0.382 e. The van der Waals surface area contributed by atoms with E-state index in [2.05, 4.69) is 34.7 Å². The number of fused-ring (bicyclic) bond motifs is 1. The molecule has 2 rings (SSSR count). The highest BCUT2D eigenvalue weighted by atomic mass is 14.9. The third-order valence-electron chi connectivity index (χ3n) is 3.09. The highest BCUT2D eigenvalue weighted by Gasteiger charge is 2.05. The van der Waals surface area contributed by atoms with Gasteiger partial charge in [0, 0.05) is 35.9 Å². The molecule has 1 unspecified atom stereocenters. The van der Waals surface area contributed by atoms with Crippen LogP contribution in [-0.4, -0.2) is 17.6 Å². The van der Waals surface area contributed by atoms with Gasteiger partial charge in [0.1, 0.15) is 0 Å². The minimum atomic E-state index is 0.408. The smallest absolute Gasteiger partial charge is 0.0722 e. The summed E-state index contributed by atoms with van der Waals surface area (Å²) in [6, 6.07) is 13.0. The molecular formula is C16H19N3. The van der Waals surface area contributed by atoms with Crippen LogP contribution in [0, 0.1) is 12.5 Å². The van der Waals surface area contributed by atoms with Gasteiger partial charge in [0.05, 0.1) is 5.52 Å². The molecule has 0 saturated carbocycles. The van der Waals surface area contributed by atoms with Crippen molar-refractivity contribution in [3.63, 3.8) is 0 Å². The molecule has 3 nitrogen and oxygen atoms in total. The van der Waals surface area contributed by atoms with E-state index in [1.807, 2.05) is 30.5 Å². The van der Waals surface area contributed by atoms with Crippen LogP contribution >= 0.6 is 0 Å². The molecule has 0 aliphatic heterocycles. The average molecular weight is 253 g/mol. The molecular weight excluding hydrogens is 234 g/mol. The van der Waals surface area contributed by atoms with Crippen LogP contribution in [0.5, 0.6) is 0 Å². The zero-order chi connectivity index (χ0) is 13.5. The van der Waals surface area contributed by atoms with Crippen molar-refractivity contribution in [2.24, 2.45) is 0 Å². The summed E-state index contributed by atoms with van der Waals surface area (Å²) in [6.07, 6.45) is 9.12. The molecule has 1 atom stereocenters. The van der Waals surface area contributed by atoms with Crippen molar-refractivity contribution in [2.45, 2.75) is 25.8 Å². The number of rotatable bonds is 6. The first-order valence-electron chi connectivity index (χ1n) is 6.60. The van der Waals surface area contributed by atoms with E-state index in [-0.39, 0.29) is 0 Å². The number of hydrogen-bond donors (Lipinski definition) is 2. The van der Waals surface area contributed by atoms with Crippen LogP contribution in [-0.2, 0) is 0 Å². The van der Waals surface area contributed by atoms with Crippen molar-refractivity contribution < 1.29 is 0 Å². The summed E-state index contributed by atoms with van der Waals surface area (Å²) >= 11 is 0. The predicted octanol–water partition coefficient (Wildman–Crippen LogP) is 3.00. The number of benzene rings is 1. The maximum Gasteiger partial charge on any atom is 0.0722 e. The third-order valence-corrected chi connectivity index (χ3v) is 3.09. The Morgan fingerprint density at radius 3 is 3.00 bits per heavy atom. The number of pyridine rings is 1. The molecule has 0 aliphatic rings. The Labute approximate surface area is 114 Å². The van der Waals surface area contributed by atoms with Crippen molar-refractivity contribution in [3.05, 3.63) is 36.5 Å². The predicted molar refractivity (Wildman–Crippen MR) is 80.9 cm³/mol. The number of para-hydroxylation sites is 1. The van der Waals surface area contributed by atoms with Crippen molar-refractivity contribution in [1.82, 2.24) is 10.3 Å². The summed E-state index contributed by atoms with van der Waals surface area (Å²) in [5, 5.41) is 7.59. The highest BCUT2D eigenvalue weighted by molar-refractivity contribution is 5.90. The van der Waals surface area contributed by atoms with Crippen LogP contribution in [0.3, 0.4) is 0 Å². The second-order valence-corrected chi connectivity index (χ2v) is 4.63. The van der Waals surface area contributed by atoms with Crippen LogP contribution in [0.1, 0.15) is 19.8 Å². The van der Waals surface area contributed by atoms with E-state index in [1.165, 1.54) is 5.39 Å². The van der Waals surface area contributed by atoms with E-state index in [4.69, 9.17) is 6.42 Å². The number of hydrogen-bond acceptors (Lipinski definition) is 3. The van der Waals surface area contributed by atoms with Crippen LogP contribution in [0.25, 0.3) is 10.9 Å². The Morgan fingerprint density at radius 2 is 2.16 bits per heavy atom. The lowest BCUT2D eigenvalue weighted by Crippen LogP contribution is -2.18. The number of nitrogens with one attached hydrogen (secondary N) is 2. The molecule has 0 bridgehead atoms. The van der Waals surface area contributed by atoms with Crippen LogP contribution in [0.2, 0.25) is 0 Å². The van der Waals surface area contributed by atoms with Gasteiger partial charge in [-0.3, -0.25) is 4.98 Å². The van der Waals surface area contributed by atoms with Gasteiger partial charge in [-0.1, -0.05) is 24.6 Å². The summed E-state index contributed by atoms with van der Waals surface area (Å²) in [4.78, 5) is 4.36. The number of aromatic nitrogens is 1. The Hall–Kier alpha value is -2.21. The normalized spacial score (nSPS) is 11.8. The van der Waals surface area contributed by atoms with Crippen molar-refractivity contribution >= 4 is 16.6 Å². The van der Waals surface area contributed by atoms with Gasteiger partial charge in [0.15, 0.2) is 0 Å². The van der Waals surface area contributed by atoms with E-state index in [0.29, 0.717) is 6.04 Å². The van der Waals surface area contributed by atoms with Gasteiger partial charge in [0.2, 0.25) is 0 Å². The molecule has 19 heavy (non-hydrogen) atoms. The topological polar surface area (TPSA) is 37.0 Å². The van der Waals surface area contributed by atoms with Crippen molar-refractivity contribution in [2.75, 3.05) is 11.9 Å². The first-order chi connectivity index (χ1) is 9.31. The second-order valence-electron chi connectivity index (χ2n) is 4.63. The van der Waals surface area contributed by atoms with E-state index in [1.54, 1.807) is 0 Å². The number of terminal acetylenes is 1. The van der Waals surface area contributed by atoms with Gasteiger partial charge < -0.3 is 10.6 Å². The number of nitrogens with zero attached hydrogens (tertiary/aromatic N) is 1. The van der Waals surface area contributed by atoms with Crippen molar-refractivity contribution in [3.8, 4) is 12.5 Å². The number of anilines is 1. The first kappa shape index (κ1) is 13.2. The SMILES string of the molecule is C#CNCCCC(C)Nc1ccnc2ccccc12. The molecule has 2 aromatic rings. The van der Waals surface area contributed by atoms with Gasteiger partial charge in [-0.15, -0.1) is 0 Å². The molecule has 0 spiro atoms. The Morgan fingerprint density at radius 1 is 1.32 bits per heavy atom. The summed E-state index contributed by atoms with van der Waals surface area (Å²) in [5.74, 6) is 0. The van der Waals surface area contributed by atoms with Gasteiger partial charge >= 0.3 is 0 Å². The monoisotopic (exact) mass is 253 g/mol. The Bertz CT molecular complexity index is 566. The van der Waals surface area contributed by atoms with Crippen molar-refractivity contribution in [1.29, 1.82) is 0 Å². The summed E-state index contributed by atoms with van der Waals surface area (Å²) in [5.41, 5.74) is 2.16. The largest absolute Gasteiger partial charge is 0.382 e. The van der Waals surface area contributed by atoms with E-state index in [0.717, 1.165) is 30.6 Å². The maximum atomic E-state index is 5.15. The van der Waals surface area contributed by atoms with E-state index >= 15 is 0 Å². The van der Waals surface area contributed by atoms with Gasteiger partial charge in [-0.2, -0.15) is 0 Å². The van der Waals surface area contributed by atoms with Crippen LogP contribution in [0.4, 0.5) is 5.69 Å². The van der Waals surface area contributed by atoms with E-state index in [9.17, 15) is 0 Å². The first-order valence-corrected chi connectivity index (χ1v) is 6.60. The van der Waals surface area contributed by atoms with Crippen LogP contribution < -0.4 is 10.6 Å².